The molecule has 0 aliphatic carbocycles. The van der Waals surface area contributed by atoms with Gasteiger partial charge in [0.05, 0.1) is 13.2 Å². The second-order valence-electron chi connectivity index (χ2n) is 11.3. The molecule has 0 unspecified atom stereocenters. The van der Waals surface area contributed by atoms with E-state index in [1.807, 2.05) is 67.5 Å². The predicted octanol–water partition coefficient (Wildman–Crippen LogP) is 5.64. The Balaban J connectivity index is 2.70. The molecule has 0 aliphatic heterocycles. The maximum absolute atomic E-state index is 13.0. The van der Waals surface area contributed by atoms with Crippen molar-refractivity contribution in [3.8, 4) is 5.75 Å². The number of nitrogens with one attached hydrogen (secondary N) is 1. The van der Waals surface area contributed by atoms with E-state index in [-0.39, 0.29) is 52.7 Å². The summed E-state index contributed by atoms with van der Waals surface area (Å²) in [6.45, 7) is 18.2. The van der Waals surface area contributed by atoms with Crippen LogP contribution in [0, 0.1) is 11.3 Å². The molecule has 36 heavy (non-hydrogen) atoms. The number of hydrogen-bond donors (Lipinski definition) is 2. The zero-order valence-corrected chi connectivity index (χ0v) is 23.4. The molecule has 2 aromatic rings. The Morgan fingerprint density at radius 2 is 1.53 bits per heavy atom. The van der Waals surface area contributed by atoms with E-state index in [4.69, 9.17) is 10.1 Å². The fourth-order valence-corrected chi connectivity index (χ4v) is 4.26. The predicted molar refractivity (Wildman–Crippen MR) is 144 cm³/mol. The van der Waals surface area contributed by atoms with Crippen molar-refractivity contribution in [1.82, 2.24) is 9.13 Å². The van der Waals surface area contributed by atoms with Gasteiger partial charge in [0.25, 0.3) is 0 Å². The number of imidazole rings is 1. The summed E-state index contributed by atoms with van der Waals surface area (Å²) in [5.74, 6) is -0.294. The van der Waals surface area contributed by atoms with E-state index in [2.05, 4.69) is 0 Å². The molecule has 0 radical (unpaired) electrons. The second kappa shape index (κ2) is 11.3. The van der Waals surface area contributed by atoms with Gasteiger partial charge in [-0.1, -0.05) is 55.4 Å². The van der Waals surface area contributed by atoms with E-state index in [1.165, 1.54) is 4.57 Å². The smallest absolute Gasteiger partial charge is 0.355 e. The summed E-state index contributed by atoms with van der Waals surface area (Å²) in [5.41, 5.74) is 1.79. The van der Waals surface area contributed by atoms with Gasteiger partial charge < -0.3 is 14.4 Å². The number of carbonyl (C=O) groups is 2. The minimum atomic E-state index is -0.567. The molecule has 0 spiro atoms. The van der Waals surface area contributed by atoms with Gasteiger partial charge in [0, 0.05) is 29.4 Å². The lowest BCUT2D eigenvalue weighted by molar-refractivity contribution is -0.136. The molecule has 1 aromatic heterocycles. The van der Waals surface area contributed by atoms with Crippen LogP contribution in [-0.2, 0) is 31.7 Å². The Morgan fingerprint density at radius 3 is 1.97 bits per heavy atom. The Kier molecular flexibility index (Phi) is 9.16. The van der Waals surface area contributed by atoms with Crippen molar-refractivity contribution in [3.05, 3.63) is 46.8 Å². The van der Waals surface area contributed by atoms with Crippen LogP contribution < -0.4 is 5.62 Å². The van der Waals surface area contributed by atoms with Crippen molar-refractivity contribution >= 4 is 23.5 Å². The summed E-state index contributed by atoms with van der Waals surface area (Å²) in [6, 6.07) is 3.75. The lowest BCUT2D eigenvalue weighted by atomic mass is 9.78. The molecule has 2 rings (SSSR count). The molecule has 1 heterocycles. The number of benzene rings is 1. The minimum Gasteiger partial charge on any atom is -0.507 e. The standard InChI is InChI=1S/C29H43N3O4/c1-10-20(11-2)24(33)18-31-13-14-32(27(31)30)23(26(35)36-12-3)17-19-15-21(28(4,5)6)25(34)22(16-19)29(7,8)9/h13-17,20,30,34H,10-12,18H2,1-9H3/b23-17-,30-27?. The highest BCUT2D eigenvalue weighted by molar-refractivity contribution is 6.15. The van der Waals surface area contributed by atoms with Gasteiger partial charge in [-0.2, -0.15) is 0 Å². The van der Waals surface area contributed by atoms with E-state index in [0.29, 0.717) is 0 Å². The molecule has 7 nitrogen and oxygen atoms in total. The number of hydrogen-bond acceptors (Lipinski definition) is 5. The third-order valence-electron chi connectivity index (χ3n) is 6.46. The Hall–Kier alpha value is -3.09. The van der Waals surface area contributed by atoms with Gasteiger partial charge in [0.15, 0.2) is 5.78 Å². The lowest BCUT2D eigenvalue weighted by Crippen LogP contribution is -2.30. The van der Waals surface area contributed by atoms with Crippen LogP contribution in [0.15, 0.2) is 24.5 Å². The van der Waals surface area contributed by atoms with Crippen molar-refractivity contribution < 1.29 is 19.4 Å². The summed E-state index contributed by atoms with van der Waals surface area (Å²) >= 11 is 0. The maximum atomic E-state index is 13.0. The number of rotatable bonds is 9. The summed E-state index contributed by atoms with van der Waals surface area (Å²) < 4.78 is 8.32. The first-order valence-electron chi connectivity index (χ1n) is 12.8. The lowest BCUT2D eigenvalue weighted by Gasteiger charge is -2.28. The average molecular weight is 498 g/mol. The second-order valence-corrected chi connectivity index (χ2v) is 11.3. The number of phenolic OH excluding ortho intramolecular Hbond substituents is 1. The average Bonchev–Trinajstić information content (AvgIpc) is 3.12. The quantitative estimate of drug-likeness (QED) is 0.346. The molecule has 0 atom stereocenters. The van der Waals surface area contributed by atoms with Crippen molar-refractivity contribution in [2.45, 2.75) is 92.5 Å². The van der Waals surface area contributed by atoms with E-state index in [9.17, 15) is 14.7 Å². The van der Waals surface area contributed by atoms with Crippen molar-refractivity contribution in [1.29, 1.82) is 5.41 Å². The molecule has 1 aromatic carbocycles. The number of Topliss-reactive ketones (excluding diaryl/α,β-unsaturated/α-hetero) is 1. The largest absolute Gasteiger partial charge is 0.507 e. The fraction of sp³-hybridized carbons (Fsp3) is 0.552. The molecule has 7 heteroatoms. The third kappa shape index (κ3) is 6.56. The molecule has 0 aliphatic rings. The van der Waals surface area contributed by atoms with Gasteiger partial charge in [-0.15, -0.1) is 0 Å². The van der Waals surface area contributed by atoms with E-state index < -0.39 is 5.97 Å². The molecular weight excluding hydrogens is 454 g/mol. The molecule has 0 amide bonds. The molecule has 0 fully saturated rings. The van der Waals surface area contributed by atoms with Gasteiger partial charge in [0.2, 0.25) is 5.62 Å². The van der Waals surface area contributed by atoms with E-state index >= 15 is 0 Å². The first-order valence-corrected chi connectivity index (χ1v) is 12.8. The van der Waals surface area contributed by atoms with Gasteiger partial charge in [-0.25, -0.2) is 4.79 Å². The Morgan fingerprint density at radius 1 is 1.00 bits per heavy atom. The molecule has 198 valence electrons. The first kappa shape index (κ1) is 29.1. The fourth-order valence-electron chi connectivity index (χ4n) is 4.26. The number of nitrogens with zero attached hydrogens (tertiary/aromatic N) is 2. The van der Waals surface area contributed by atoms with Gasteiger partial charge >= 0.3 is 5.97 Å². The topological polar surface area (TPSA) is 97.3 Å². The number of esters is 1. The number of ketones is 1. The summed E-state index contributed by atoms with van der Waals surface area (Å²) in [5, 5.41) is 19.8. The maximum Gasteiger partial charge on any atom is 0.355 e. The third-order valence-corrected chi connectivity index (χ3v) is 6.46. The monoisotopic (exact) mass is 497 g/mol. The van der Waals surface area contributed by atoms with Gasteiger partial charge in [0.1, 0.15) is 11.4 Å². The summed E-state index contributed by atoms with van der Waals surface area (Å²) in [6.07, 6.45) is 6.46. The first-order chi connectivity index (χ1) is 16.6. The highest BCUT2D eigenvalue weighted by Crippen LogP contribution is 2.40. The summed E-state index contributed by atoms with van der Waals surface area (Å²) in [7, 11) is 0. The number of phenols is 1. The molecule has 0 saturated heterocycles. The normalized spacial score (nSPS) is 12.8. The summed E-state index contributed by atoms with van der Waals surface area (Å²) in [4.78, 5) is 25.7. The molecule has 0 saturated carbocycles. The zero-order chi connectivity index (χ0) is 27.4. The minimum absolute atomic E-state index is 0.0134. The number of carbonyl (C=O) groups excluding carboxylic acids is 2. The molecule has 2 N–H and O–H groups in total. The zero-order valence-electron chi connectivity index (χ0n) is 23.4. The SMILES string of the molecule is CCOC(=O)/C(=C/c1cc(C(C)(C)C)c(O)c(C(C)(C)C)c1)n1ccn(CC(=O)C(CC)CC)c1=N. The number of ether oxygens (including phenoxy) is 1. The van der Waals surface area contributed by atoms with Crippen LogP contribution in [0.25, 0.3) is 11.8 Å². The highest BCUT2D eigenvalue weighted by Gasteiger charge is 2.27. The van der Waals surface area contributed by atoms with Crippen molar-refractivity contribution in [2.24, 2.45) is 5.92 Å². The van der Waals surface area contributed by atoms with Crippen LogP contribution in [0.1, 0.15) is 91.8 Å². The number of aromatic nitrogens is 2. The van der Waals surface area contributed by atoms with Crippen molar-refractivity contribution in [2.75, 3.05) is 6.61 Å². The Labute approximate surface area is 215 Å². The van der Waals surface area contributed by atoms with Crippen molar-refractivity contribution in [3.63, 3.8) is 0 Å². The van der Waals surface area contributed by atoms with Crippen LogP contribution in [0.3, 0.4) is 0 Å². The van der Waals surface area contributed by atoms with Crippen LogP contribution in [0.4, 0.5) is 0 Å². The van der Waals surface area contributed by atoms with Crippen LogP contribution >= 0.6 is 0 Å². The highest BCUT2D eigenvalue weighted by atomic mass is 16.5. The number of aromatic hydroxyl groups is 1. The van der Waals surface area contributed by atoms with Gasteiger partial charge in [-0.3, -0.25) is 14.8 Å². The van der Waals surface area contributed by atoms with Crippen LogP contribution in [0.5, 0.6) is 5.75 Å². The van der Waals surface area contributed by atoms with Crippen LogP contribution in [0.2, 0.25) is 0 Å². The van der Waals surface area contributed by atoms with E-state index in [0.717, 1.165) is 29.5 Å². The molecule has 0 bridgehead atoms. The Bertz CT molecular complexity index is 1150. The van der Waals surface area contributed by atoms with Crippen LogP contribution in [-0.4, -0.2) is 32.6 Å². The van der Waals surface area contributed by atoms with Gasteiger partial charge in [-0.05, 0) is 54.4 Å². The van der Waals surface area contributed by atoms with E-state index in [1.54, 1.807) is 30.0 Å². The molecular formula is C29H43N3O4.